The van der Waals surface area contributed by atoms with Gasteiger partial charge in [-0.05, 0) is 11.5 Å². The average molecular weight is 296 g/mol. The van der Waals surface area contributed by atoms with Crippen molar-refractivity contribution >= 4 is 5.97 Å². The van der Waals surface area contributed by atoms with Gasteiger partial charge < -0.3 is 4.74 Å². The molecule has 0 saturated carbocycles. The SMILES string of the molecule is CC(C)/C=C1\CC(c2ccccc2-c2cnn(C)c2)OC1=O. The van der Waals surface area contributed by atoms with Crippen LogP contribution in [0.5, 0.6) is 0 Å². The van der Waals surface area contributed by atoms with E-state index < -0.39 is 0 Å². The third-order valence-corrected chi connectivity index (χ3v) is 3.77. The Hall–Kier alpha value is -2.36. The number of ether oxygens (including phenoxy) is 1. The van der Waals surface area contributed by atoms with Crippen molar-refractivity contribution in [2.75, 3.05) is 0 Å². The highest BCUT2D eigenvalue weighted by Gasteiger charge is 2.31. The molecule has 22 heavy (non-hydrogen) atoms. The minimum Gasteiger partial charge on any atom is -0.454 e. The van der Waals surface area contributed by atoms with Gasteiger partial charge >= 0.3 is 5.97 Å². The molecule has 0 radical (unpaired) electrons. The molecule has 1 aliphatic rings. The lowest BCUT2D eigenvalue weighted by molar-refractivity contribution is -0.139. The minimum absolute atomic E-state index is 0.195. The number of aromatic nitrogens is 2. The highest BCUT2D eigenvalue weighted by Crippen LogP contribution is 2.38. The van der Waals surface area contributed by atoms with Crippen LogP contribution in [0.1, 0.15) is 31.9 Å². The van der Waals surface area contributed by atoms with Crippen LogP contribution in [0.4, 0.5) is 0 Å². The predicted octanol–water partition coefficient (Wildman–Crippen LogP) is 3.66. The maximum absolute atomic E-state index is 12.0. The largest absolute Gasteiger partial charge is 0.454 e. The molecule has 4 heteroatoms. The van der Waals surface area contributed by atoms with E-state index in [9.17, 15) is 4.79 Å². The van der Waals surface area contributed by atoms with Crippen LogP contribution in [-0.2, 0) is 16.6 Å². The molecule has 1 aliphatic heterocycles. The number of hydrogen-bond acceptors (Lipinski definition) is 3. The predicted molar refractivity (Wildman–Crippen MR) is 85.0 cm³/mol. The fraction of sp³-hybridized carbons (Fsp3) is 0.333. The summed E-state index contributed by atoms with van der Waals surface area (Å²) >= 11 is 0. The third kappa shape index (κ3) is 2.82. The summed E-state index contributed by atoms with van der Waals surface area (Å²) in [6.45, 7) is 4.13. The second-order valence-electron chi connectivity index (χ2n) is 6.02. The highest BCUT2D eigenvalue weighted by molar-refractivity contribution is 5.91. The number of benzene rings is 1. The summed E-state index contributed by atoms with van der Waals surface area (Å²) in [6.07, 6.45) is 6.22. The molecule has 2 heterocycles. The van der Waals surface area contributed by atoms with Crippen molar-refractivity contribution in [3.05, 3.63) is 53.9 Å². The number of rotatable bonds is 3. The molecule has 3 rings (SSSR count). The van der Waals surface area contributed by atoms with Crippen molar-refractivity contribution in [3.8, 4) is 11.1 Å². The zero-order valence-corrected chi connectivity index (χ0v) is 13.1. The Bertz CT molecular complexity index is 728. The maximum atomic E-state index is 12.0. The van der Waals surface area contributed by atoms with Crippen molar-refractivity contribution in [2.45, 2.75) is 26.4 Å². The van der Waals surface area contributed by atoms with Crippen molar-refractivity contribution < 1.29 is 9.53 Å². The van der Waals surface area contributed by atoms with Gasteiger partial charge in [0.2, 0.25) is 0 Å². The molecule has 4 nitrogen and oxygen atoms in total. The molecule has 0 aliphatic carbocycles. The quantitative estimate of drug-likeness (QED) is 0.641. The molecule has 0 amide bonds. The van der Waals surface area contributed by atoms with Crippen LogP contribution in [0, 0.1) is 5.92 Å². The van der Waals surface area contributed by atoms with E-state index in [4.69, 9.17) is 4.74 Å². The summed E-state index contributed by atoms with van der Waals surface area (Å²) in [7, 11) is 1.89. The van der Waals surface area contributed by atoms with E-state index in [1.165, 1.54) is 0 Å². The summed E-state index contributed by atoms with van der Waals surface area (Å²) in [5.74, 6) is 0.148. The van der Waals surface area contributed by atoms with Crippen LogP contribution in [0.2, 0.25) is 0 Å². The second-order valence-corrected chi connectivity index (χ2v) is 6.02. The van der Waals surface area contributed by atoms with E-state index in [1.54, 1.807) is 4.68 Å². The molecule has 1 unspecified atom stereocenters. The molecule has 114 valence electrons. The maximum Gasteiger partial charge on any atom is 0.334 e. The van der Waals surface area contributed by atoms with Gasteiger partial charge in [-0.3, -0.25) is 4.68 Å². The Kier molecular flexibility index (Phi) is 3.84. The molecule has 1 aromatic heterocycles. The fourth-order valence-corrected chi connectivity index (χ4v) is 2.84. The van der Waals surface area contributed by atoms with Gasteiger partial charge in [0.25, 0.3) is 0 Å². The number of cyclic esters (lactones) is 1. The molecule has 1 saturated heterocycles. The number of allylic oxidation sites excluding steroid dienone is 1. The summed E-state index contributed by atoms with van der Waals surface area (Å²) in [5, 5.41) is 4.23. The fourth-order valence-electron chi connectivity index (χ4n) is 2.84. The number of aryl methyl sites for hydroxylation is 1. The van der Waals surface area contributed by atoms with Gasteiger partial charge in [0.05, 0.1) is 6.20 Å². The van der Waals surface area contributed by atoms with Crippen LogP contribution < -0.4 is 0 Å². The Morgan fingerprint density at radius 2 is 2.14 bits per heavy atom. The van der Waals surface area contributed by atoms with E-state index in [2.05, 4.69) is 18.9 Å². The molecule has 1 fully saturated rings. The van der Waals surface area contributed by atoms with Gasteiger partial charge in [-0.2, -0.15) is 5.10 Å². The van der Waals surface area contributed by atoms with Gasteiger partial charge in [-0.25, -0.2) is 4.79 Å². The lowest BCUT2D eigenvalue weighted by Gasteiger charge is -2.13. The monoisotopic (exact) mass is 296 g/mol. The average Bonchev–Trinajstić information content (AvgIpc) is 3.05. The minimum atomic E-state index is -0.214. The molecule has 1 atom stereocenters. The zero-order chi connectivity index (χ0) is 15.7. The summed E-state index contributed by atoms with van der Waals surface area (Å²) in [4.78, 5) is 12.0. The van der Waals surface area contributed by atoms with E-state index >= 15 is 0 Å². The van der Waals surface area contributed by atoms with Crippen LogP contribution in [0.15, 0.2) is 48.3 Å². The van der Waals surface area contributed by atoms with Crippen molar-refractivity contribution in [1.82, 2.24) is 9.78 Å². The molecular weight excluding hydrogens is 276 g/mol. The first-order chi connectivity index (χ1) is 10.5. The Balaban J connectivity index is 1.95. The van der Waals surface area contributed by atoms with E-state index in [0.717, 1.165) is 22.3 Å². The van der Waals surface area contributed by atoms with Crippen LogP contribution in [0.3, 0.4) is 0 Å². The molecule has 1 aromatic carbocycles. The number of esters is 1. The lowest BCUT2D eigenvalue weighted by atomic mass is 9.95. The first-order valence-corrected chi connectivity index (χ1v) is 7.54. The summed E-state index contributed by atoms with van der Waals surface area (Å²) < 4.78 is 7.37. The zero-order valence-electron chi connectivity index (χ0n) is 13.1. The molecule has 2 aromatic rings. The number of carbonyl (C=O) groups excluding carboxylic acids is 1. The van der Waals surface area contributed by atoms with Crippen LogP contribution in [-0.4, -0.2) is 15.7 Å². The number of nitrogens with zero attached hydrogens (tertiary/aromatic N) is 2. The van der Waals surface area contributed by atoms with E-state index in [0.29, 0.717) is 12.3 Å². The molecule has 0 spiro atoms. The van der Waals surface area contributed by atoms with E-state index in [1.807, 2.05) is 49.8 Å². The lowest BCUT2D eigenvalue weighted by Crippen LogP contribution is -2.00. The second kappa shape index (κ2) is 5.79. The highest BCUT2D eigenvalue weighted by atomic mass is 16.5. The standard InChI is InChI=1S/C18H20N2O2/c1-12(2)8-13-9-17(22-18(13)21)16-7-5-4-6-15(16)14-10-19-20(3)11-14/h4-8,10-12,17H,9H2,1-3H3/b13-8+. The summed E-state index contributed by atoms with van der Waals surface area (Å²) in [6, 6.07) is 8.05. The third-order valence-electron chi connectivity index (χ3n) is 3.77. The van der Waals surface area contributed by atoms with Crippen LogP contribution >= 0.6 is 0 Å². The van der Waals surface area contributed by atoms with E-state index in [-0.39, 0.29) is 12.1 Å². The van der Waals surface area contributed by atoms with Crippen molar-refractivity contribution in [3.63, 3.8) is 0 Å². The van der Waals surface area contributed by atoms with Crippen molar-refractivity contribution in [1.29, 1.82) is 0 Å². The van der Waals surface area contributed by atoms with Gasteiger partial charge in [-0.1, -0.05) is 44.2 Å². The number of hydrogen-bond donors (Lipinski definition) is 0. The first kappa shape index (κ1) is 14.6. The van der Waals surface area contributed by atoms with Crippen molar-refractivity contribution in [2.24, 2.45) is 13.0 Å². The van der Waals surface area contributed by atoms with Gasteiger partial charge in [0, 0.05) is 36.4 Å². The Labute approximate surface area is 130 Å². The number of carbonyl (C=O) groups is 1. The topological polar surface area (TPSA) is 44.1 Å². The Morgan fingerprint density at radius 3 is 2.82 bits per heavy atom. The summed E-state index contributed by atoms with van der Waals surface area (Å²) in [5.41, 5.74) is 3.92. The molecule has 0 N–H and O–H groups in total. The Morgan fingerprint density at radius 1 is 1.36 bits per heavy atom. The first-order valence-electron chi connectivity index (χ1n) is 7.54. The van der Waals surface area contributed by atoms with Gasteiger partial charge in [-0.15, -0.1) is 0 Å². The molecular formula is C18H20N2O2. The smallest absolute Gasteiger partial charge is 0.334 e. The normalized spacial score (nSPS) is 19.9. The van der Waals surface area contributed by atoms with Crippen LogP contribution in [0.25, 0.3) is 11.1 Å². The van der Waals surface area contributed by atoms with Gasteiger partial charge in [0.15, 0.2) is 0 Å². The molecule has 0 bridgehead atoms. The van der Waals surface area contributed by atoms with Gasteiger partial charge in [0.1, 0.15) is 6.10 Å².